The number of rotatable bonds is 5. The topological polar surface area (TPSA) is 41.3 Å². The third-order valence-electron chi connectivity index (χ3n) is 3.92. The maximum absolute atomic E-state index is 9.73. The Labute approximate surface area is 119 Å². The van der Waals surface area contributed by atoms with E-state index in [0.717, 1.165) is 29.3 Å². The first-order valence-corrected chi connectivity index (χ1v) is 7.27. The molecule has 0 saturated heterocycles. The molecule has 1 N–H and O–H groups in total. The maximum Gasteiger partial charge on any atom is 0.138 e. The van der Waals surface area contributed by atoms with Gasteiger partial charge in [-0.05, 0) is 38.8 Å². The van der Waals surface area contributed by atoms with Crippen molar-refractivity contribution >= 4 is 5.82 Å². The lowest BCUT2D eigenvalue weighted by Gasteiger charge is -2.25. The van der Waals surface area contributed by atoms with Gasteiger partial charge in [-0.15, -0.1) is 0 Å². The normalized spacial score (nSPS) is 14.6. The van der Waals surface area contributed by atoms with Gasteiger partial charge in [0.05, 0.1) is 18.0 Å². The molecule has 0 amide bonds. The van der Waals surface area contributed by atoms with Crippen LogP contribution in [0.15, 0.2) is 30.3 Å². The van der Waals surface area contributed by atoms with Crippen molar-refractivity contribution < 1.29 is 5.11 Å². The Morgan fingerprint density at radius 1 is 1.30 bits per heavy atom. The molecule has 1 heterocycles. The summed E-state index contributed by atoms with van der Waals surface area (Å²) in [6.45, 7) is 5.11. The van der Waals surface area contributed by atoms with Crippen molar-refractivity contribution in [3.63, 3.8) is 0 Å². The molecule has 2 aromatic rings. The quantitative estimate of drug-likeness (QED) is 0.909. The van der Waals surface area contributed by atoms with Gasteiger partial charge < -0.3 is 10.0 Å². The molecule has 4 nitrogen and oxygen atoms in total. The number of benzene rings is 1. The molecule has 1 aliphatic carbocycles. The molecule has 3 rings (SSSR count). The van der Waals surface area contributed by atoms with Gasteiger partial charge in [0, 0.05) is 18.2 Å². The summed E-state index contributed by atoms with van der Waals surface area (Å²) in [6, 6.07) is 10.7. The van der Waals surface area contributed by atoms with Crippen molar-refractivity contribution in [2.45, 2.75) is 39.3 Å². The first kappa shape index (κ1) is 13.2. The van der Waals surface area contributed by atoms with Crippen LogP contribution in [0.3, 0.4) is 0 Å². The van der Waals surface area contributed by atoms with E-state index in [0.29, 0.717) is 6.04 Å². The van der Waals surface area contributed by atoms with Crippen LogP contribution < -0.4 is 4.90 Å². The van der Waals surface area contributed by atoms with Gasteiger partial charge in [0.2, 0.25) is 0 Å². The SMILES string of the molecule is CCN(c1c(CO)c(C)nn1-c1ccccc1)C1CC1. The van der Waals surface area contributed by atoms with Crippen LogP contribution in [0.4, 0.5) is 5.82 Å². The summed E-state index contributed by atoms with van der Waals surface area (Å²) in [5.74, 6) is 1.06. The minimum Gasteiger partial charge on any atom is -0.391 e. The minimum atomic E-state index is 0.0389. The Bertz CT molecular complexity index is 587. The smallest absolute Gasteiger partial charge is 0.138 e. The lowest BCUT2D eigenvalue weighted by Crippen LogP contribution is -2.28. The molecule has 1 aromatic carbocycles. The van der Waals surface area contributed by atoms with E-state index in [-0.39, 0.29) is 6.61 Å². The Morgan fingerprint density at radius 2 is 2.00 bits per heavy atom. The first-order valence-electron chi connectivity index (χ1n) is 7.27. The second-order valence-corrected chi connectivity index (χ2v) is 5.31. The van der Waals surface area contributed by atoms with E-state index >= 15 is 0 Å². The number of anilines is 1. The van der Waals surface area contributed by atoms with Crippen LogP contribution in [-0.2, 0) is 6.61 Å². The van der Waals surface area contributed by atoms with Gasteiger partial charge in [0.1, 0.15) is 5.82 Å². The third kappa shape index (κ3) is 2.20. The van der Waals surface area contributed by atoms with Crippen molar-refractivity contribution in [1.29, 1.82) is 0 Å². The molecule has 106 valence electrons. The van der Waals surface area contributed by atoms with E-state index in [2.05, 4.69) is 29.1 Å². The summed E-state index contributed by atoms with van der Waals surface area (Å²) in [4.78, 5) is 2.37. The molecule has 0 aliphatic heterocycles. The predicted molar refractivity (Wildman–Crippen MR) is 80.3 cm³/mol. The largest absolute Gasteiger partial charge is 0.391 e. The summed E-state index contributed by atoms with van der Waals surface area (Å²) in [7, 11) is 0. The third-order valence-corrected chi connectivity index (χ3v) is 3.92. The Kier molecular flexibility index (Phi) is 3.49. The van der Waals surface area contributed by atoms with Crippen molar-refractivity contribution in [2.24, 2.45) is 0 Å². The van der Waals surface area contributed by atoms with Crippen molar-refractivity contribution in [3.8, 4) is 5.69 Å². The Hall–Kier alpha value is -1.81. The molecule has 0 spiro atoms. The fourth-order valence-electron chi connectivity index (χ4n) is 2.74. The Balaban J connectivity index is 2.14. The van der Waals surface area contributed by atoms with E-state index in [9.17, 15) is 5.11 Å². The average molecular weight is 271 g/mol. The first-order chi connectivity index (χ1) is 9.76. The molecule has 0 bridgehead atoms. The molecule has 1 saturated carbocycles. The van der Waals surface area contributed by atoms with E-state index in [1.54, 1.807) is 0 Å². The molecule has 1 fully saturated rings. The summed E-state index contributed by atoms with van der Waals surface area (Å²) in [5.41, 5.74) is 2.90. The van der Waals surface area contributed by atoms with Crippen LogP contribution in [-0.4, -0.2) is 27.5 Å². The molecule has 0 radical (unpaired) electrons. The molecule has 1 aromatic heterocycles. The zero-order valence-corrected chi connectivity index (χ0v) is 12.1. The number of para-hydroxylation sites is 1. The zero-order chi connectivity index (χ0) is 14.1. The second kappa shape index (κ2) is 5.29. The number of aromatic nitrogens is 2. The van der Waals surface area contributed by atoms with E-state index in [4.69, 9.17) is 0 Å². The highest BCUT2D eigenvalue weighted by Crippen LogP contribution is 2.35. The number of aliphatic hydroxyl groups is 1. The fourth-order valence-corrected chi connectivity index (χ4v) is 2.74. The van der Waals surface area contributed by atoms with E-state index in [1.807, 2.05) is 29.8 Å². The number of aryl methyl sites for hydroxylation is 1. The van der Waals surface area contributed by atoms with Crippen LogP contribution in [0.5, 0.6) is 0 Å². The molecule has 0 unspecified atom stereocenters. The predicted octanol–water partition coefficient (Wildman–Crippen LogP) is 2.66. The van der Waals surface area contributed by atoms with E-state index < -0.39 is 0 Å². The summed E-state index contributed by atoms with van der Waals surface area (Å²) in [5, 5.41) is 14.4. The highest BCUT2D eigenvalue weighted by molar-refractivity contribution is 5.56. The standard InChI is InChI=1S/C16H21N3O/c1-3-18(13-9-10-13)16-15(11-20)12(2)17-19(16)14-7-5-4-6-8-14/h4-8,13,20H,3,9-11H2,1-2H3. The lowest BCUT2D eigenvalue weighted by molar-refractivity contribution is 0.281. The number of nitrogens with zero attached hydrogens (tertiary/aromatic N) is 3. The molecular weight excluding hydrogens is 250 g/mol. The van der Waals surface area contributed by atoms with Gasteiger partial charge in [0.25, 0.3) is 0 Å². The molecule has 20 heavy (non-hydrogen) atoms. The van der Waals surface area contributed by atoms with Crippen molar-refractivity contribution in [1.82, 2.24) is 9.78 Å². The molecule has 0 atom stereocenters. The second-order valence-electron chi connectivity index (χ2n) is 5.31. The minimum absolute atomic E-state index is 0.0389. The van der Waals surface area contributed by atoms with Crippen molar-refractivity contribution in [3.05, 3.63) is 41.6 Å². The van der Waals surface area contributed by atoms with Gasteiger partial charge in [-0.25, -0.2) is 4.68 Å². The molecular formula is C16H21N3O. The van der Waals surface area contributed by atoms with Crippen molar-refractivity contribution in [2.75, 3.05) is 11.4 Å². The highest BCUT2D eigenvalue weighted by Gasteiger charge is 2.32. The molecule has 4 heteroatoms. The van der Waals surface area contributed by atoms with Crippen LogP contribution in [0.1, 0.15) is 31.0 Å². The number of aliphatic hydroxyl groups excluding tert-OH is 1. The maximum atomic E-state index is 9.73. The Morgan fingerprint density at radius 3 is 2.55 bits per heavy atom. The van der Waals surface area contributed by atoms with Crippen LogP contribution >= 0.6 is 0 Å². The van der Waals surface area contributed by atoms with Gasteiger partial charge in [-0.3, -0.25) is 0 Å². The van der Waals surface area contributed by atoms with Crippen LogP contribution in [0, 0.1) is 6.92 Å². The van der Waals surface area contributed by atoms with Gasteiger partial charge >= 0.3 is 0 Å². The average Bonchev–Trinajstić information content (AvgIpc) is 3.25. The monoisotopic (exact) mass is 271 g/mol. The highest BCUT2D eigenvalue weighted by atomic mass is 16.3. The number of hydrogen-bond donors (Lipinski definition) is 1. The fraction of sp³-hybridized carbons (Fsp3) is 0.438. The van der Waals surface area contributed by atoms with E-state index in [1.165, 1.54) is 12.8 Å². The van der Waals surface area contributed by atoms with Gasteiger partial charge in [-0.1, -0.05) is 18.2 Å². The molecule has 1 aliphatic rings. The van der Waals surface area contributed by atoms with Crippen LogP contribution in [0.25, 0.3) is 5.69 Å². The summed E-state index contributed by atoms with van der Waals surface area (Å²) < 4.78 is 1.97. The summed E-state index contributed by atoms with van der Waals surface area (Å²) in [6.07, 6.45) is 2.47. The lowest BCUT2D eigenvalue weighted by atomic mass is 10.2. The van der Waals surface area contributed by atoms with Gasteiger partial charge in [0.15, 0.2) is 0 Å². The zero-order valence-electron chi connectivity index (χ0n) is 12.1. The summed E-state index contributed by atoms with van der Waals surface area (Å²) >= 11 is 0. The van der Waals surface area contributed by atoms with Crippen LogP contribution in [0.2, 0.25) is 0 Å². The number of hydrogen-bond acceptors (Lipinski definition) is 3. The van der Waals surface area contributed by atoms with Gasteiger partial charge in [-0.2, -0.15) is 5.10 Å².